The number of halogens is 3. The molecule has 1 aliphatic rings. The minimum absolute atomic E-state index is 0.0149. The third-order valence-electron chi connectivity index (χ3n) is 2.49. The van der Waals surface area contributed by atoms with Gasteiger partial charge in [0.1, 0.15) is 0 Å². The molecule has 0 bridgehead atoms. The highest BCUT2D eigenvalue weighted by Gasteiger charge is 2.33. The maximum absolute atomic E-state index is 11.9. The highest BCUT2D eigenvalue weighted by molar-refractivity contribution is 5.66. The van der Waals surface area contributed by atoms with E-state index in [-0.39, 0.29) is 24.9 Å². The van der Waals surface area contributed by atoms with E-state index in [0.717, 1.165) is 0 Å². The van der Waals surface area contributed by atoms with Crippen molar-refractivity contribution in [1.82, 2.24) is 14.7 Å². The molecule has 1 aromatic heterocycles. The number of alkyl halides is 3. The summed E-state index contributed by atoms with van der Waals surface area (Å²) in [6.45, 7) is -0.823. The van der Waals surface area contributed by atoms with Gasteiger partial charge in [0.25, 0.3) is 0 Å². The zero-order valence-electron chi connectivity index (χ0n) is 9.09. The molecule has 0 radical (unpaired) electrons. The van der Waals surface area contributed by atoms with Crippen LogP contribution >= 0.6 is 0 Å². The van der Waals surface area contributed by atoms with Crippen LogP contribution in [0.15, 0.2) is 12.4 Å². The molecule has 1 amide bonds. The molecule has 1 aliphatic heterocycles. The Labute approximate surface area is 99.5 Å². The number of likely N-dealkylation sites (tertiary alicyclic amines) is 1. The Balaban J connectivity index is 1.86. The van der Waals surface area contributed by atoms with Gasteiger partial charge in [-0.15, -0.1) is 0 Å². The minimum atomic E-state index is -4.39. The third-order valence-corrected chi connectivity index (χ3v) is 2.49. The zero-order valence-corrected chi connectivity index (χ0v) is 9.09. The van der Waals surface area contributed by atoms with Crippen molar-refractivity contribution in [3.05, 3.63) is 12.4 Å². The van der Waals surface area contributed by atoms with Crippen LogP contribution in [0, 0.1) is 0 Å². The third kappa shape index (κ3) is 2.84. The van der Waals surface area contributed by atoms with Crippen LogP contribution in [0.3, 0.4) is 0 Å². The topological polar surface area (TPSA) is 67.6 Å². The van der Waals surface area contributed by atoms with Crippen molar-refractivity contribution in [1.29, 1.82) is 0 Å². The SMILES string of the molecule is O=C(O)N1CC(n2cc(OCC(F)(F)F)cn2)C1. The predicted octanol–water partition coefficient (Wildman–Crippen LogP) is 1.36. The fraction of sp³-hybridized carbons (Fsp3) is 0.556. The summed E-state index contributed by atoms with van der Waals surface area (Å²) in [6.07, 6.45) is -2.91. The number of carbonyl (C=O) groups is 1. The van der Waals surface area contributed by atoms with E-state index in [0.29, 0.717) is 0 Å². The van der Waals surface area contributed by atoms with Crippen LogP contribution in [0.1, 0.15) is 6.04 Å². The van der Waals surface area contributed by atoms with Gasteiger partial charge in [-0.2, -0.15) is 18.3 Å². The Morgan fingerprint density at radius 1 is 1.56 bits per heavy atom. The number of carboxylic acid groups (broad SMARTS) is 1. The van der Waals surface area contributed by atoms with Crippen LogP contribution in [0.5, 0.6) is 5.75 Å². The van der Waals surface area contributed by atoms with Crippen molar-refractivity contribution in [2.75, 3.05) is 19.7 Å². The predicted molar refractivity (Wildman–Crippen MR) is 52.4 cm³/mol. The minimum Gasteiger partial charge on any atom is -0.481 e. The molecule has 2 rings (SSSR count). The van der Waals surface area contributed by atoms with E-state index in [1.54, 1.807) is 0 Å². The molecule has 0 aliphatic carbocycles. The molecule has 0 aromatic carbocycles. The van der Waals surface area contributed by atoms with Gasteiger partial charge in [-0.05, 0) is 0 Å². The number of hydrogen-bond donors (Lipinski definition) is 1. The lowest BCUT2D eigenvalue weighted by molar-refractivity contribution is -0.153. The second-order valence-corrected chi connectivity index (χ2v) is 3.90. The van der Waals surface area contributed by atoms with E-state index in [9.17, 15) is 18.0 Å². The molecule has 1 aromatic rings. The molecule has 1 fully saturated rings. The van der Waals surface area contributed by atoms with Crippen molar-refractivity contribution in [3.63, 3.8) is 0 Å². The summed E-state index contributed by atoms with van der Waals surface area (Å²) in [5.74, 6) is 0.0149. The summed E-state index contributed by atoms with van der Waals surface area (Å²) in [6, 6.07) is -0.149. The van der Waals surface area contributed by atoms with Crippen molar-refractivity contribution < 1.29 is 27.8 Å². The van der Waals surface area contributed by atoms with Crippen molar-refractivity contribution in [2.24, 2.45) is 0 Å². The van der Waals surface area contributed by atoms with Crippen LogP contribution in [-0.2, 0) is 0 Å². The van der Waals surface area contributed by atoms with Crippen LogP contribution in [-0.4, -0.2) is 51.8 Å². The van der Waals surface area contributed by atoms with Gasteiger partial charge < -0.3 is 14.7 Å². The van der Waals surface area contributed by atoms with Crippen molar-refractivity contribution in [2.45, 2.75) is 12.2 Å². The smallest absolute Gasteiger partial charge is 0.422 e. The first-order valence-electron chi connectivity index (χ1n) is 5.07. The Kier molecular flexibility index (Phi) is 3.05. The quantitative estimate of drug-likeness (QED) is 0.896. The van der Waals surface area contributed by atoms with Crippen LogP contribution in [0.25, 0.3) is 0 Å². The number of rotatable bonds is 3. The van der Waals surface area contributed by atoms with E-state index < -0.39 is 18.9 Å². The largest absolute Gasteiger partial charge is 0.481 e. The summed E-state index contributed by atoms with van der Waals surface area (Å²) in [4.78, 5) is 11.7. The van der Waals surface area contributed by atoms with Gasteiger partial charge in [0.2, 0.25) is 0 Å². The van der Waals surface area contributed by atoms with Gasteiger partial charge in [0, 0.05) is 13.1 Å². The standard InChI is InChI=1S/C9H10F3N3O3/c10-9(11,12)5-18-7-1-13-15(4-7)6-2-14(3-6)8(16)17/h1,4,6H,2-3,5H2,(H,16,17). The summed E-state index contributed by atoms with van der Waals surface area (Å²) in [7, 11) is 0. The fourth-order valence-electron chi connectivity index (χ4n) is 1.54. The molecule has 1 N–H and O–H groups in total. The normalized spacial score (nSPS) is 16.5. The van der Waals surface area contributed by atoms with Crippen LogP contribution in [0.2, 0.25) is 0 Å². The Morgan fingerprint density at radius 3 is 2.78 bits per heavy atom. The summed E-state index contributed by atoms with van der Waals surface area (Å²) < 4.78 is 41.6. The maximum atomic E-state index is 11.9. The number of amides is 1. The molecular weight excluding hydrogens is 255 g/mol. The Morgan fingerprint density at radius 2 is 2.22 bits per heavy atom. The molecule has 18 heavy (non-hydrogen) atoms. The number of ether oxygens (including phenoxy) is 1. The Hall–Kier alpha value is -1.93. The molecule has 0 unspecified atom stereocenters. The molecule has 0 saturated carbocycles. The first-order valence-corrected chi connectivity index (χ1v) is 5.07. The van der Waals surface area contributed by atoms with Crippen molar-refractivity contribution in [3.8, 4) is 5.75 Å². The molecule has 0 spiro atoms. The van der Waals surface area contributed by atoms with Gasteiger partial charge in [-0.25, -0.2) is 4.79 Å². The second kappa shape index (κ2) is 4.39. The Bertz CT molecular complexity index is 440. The molecule has 2 heterocycles. The lowest BCUT2D eigenvalue weighted by Crippen LogP contribution is -2.50. The van der Waals surface area contributed by atoms with E-state index in [4.69, 9.17) is 5.11 Å². The summed E-state index contributed by atoms with van der Waals surface area (Å²) >= 11 is 0. The monoisotopic (exact) mass is 265 g/mol. The number of aromatic nitrogens is 2. The van der Waals surface area contributed by atoms with Crippen LogP contribution in [0.4, 0.5) is 18.0 Å². The summed E-state index contributed by atoms with van der Waals surface area (Å²) in [5, 5.41) is 12.5. The highest BCUT2D eigenvalue weighted by atomic mass is 19.4. The summed E-state index contributed by atoms with van der Waals surface area (Å²) in [5.41, 5.74) is 0. The second-order valence-electron chi connectivity index (χ2n) is 3.90. The van der Waals surface area contributed by atoms with Gasteiger partial charge in [0.15, 0.2) is 12.4 Å². The fourth-order valence-corrected chi connectivity index (χ4v) is 1.54. The van der Waals surface area contributed by atoms with Crippen molar-refractivity contribution >= 4 is 6.09 Å². The molecule has 6 nitrogen and oxygen atoms in total. The molecule has 0 atom stereocenters. The highest BCUT2D eigenvalue weighted by Crippen LogP contribution is 2.23. The first-order chi connectivity index (χ1) is 8.35. The molecule has 1 saturated heterocycles. The van der Waals surface area contributed by atoms with Crippen LogP contribution < -0.4 is 4.74 Å². The van der Waals surface area contributed by atoms with Gasteiger partial charge >= 0.3 is 12.3 Å². The first kappa shape index (κ1) is 12.5. The van der Waals surface area contributed by atoms with E-state index in [1.807, 2.05) is 0 Å². The lowest BCUT2D eigenvalue weighted by Gasteiger charge is -2.36. The van der Waals surface area contributed by atoms with Gasteiger partial charge in [-0.3, -0.25) is 4.68 Å². The average molecular weight is 265 g/mol. The average Bonchev–Trinajstić information content (AvgIpc) is 2.59. The zero-order chi connectivity index (χ0) is 13.3. The maximum Gasteiger partial charge on any atom is 0.422 e. The number of nitrogens with zero attached hydrogens (tertiary/aromatic N) is 3. The lowest BCUT2D eigenvalue weighted by atomic mass is 10.1. The van der Waals surface area contributed by atoms with E-state index in [2.05, 4.69) is 9.84 Å². The molecular formula is C9H10F3N3O3. The molecule has 100 valence electrons. The molecule has 9 heteroatoms. The van der Waals surface area contributed by atoms with E-state index in [1.165, 1.54) is 22.0 Å². The van der Waals surface area contributed by atoms with Gasteiger partial charge in [0.05, 0.1) is 18.4 Å². The number of hydrogen-bond acceptors (Lipinski definition) is 3. The van der Waals surface area contributed by atoms with Gasteiger partial charge in [-0.1, -0.05) is 0 Å². The van der Waals surface area contributed by atoms with E-state index >= 15 is 0 Å².